The van der Waals surface area contributed by atoms with Crippen LogP contribution in [0.25, 0.3) is 0 Å². The first-order valence-electron chi connectivity index (χ1n) is 11.0. The molecule has 0 aromatic heterocycles. The van der Waals surface area contributed by atoms with Gasteiger partial charge in [0, 0.05) is 13.2 Å². The minimum atomic E-state index is 0.232. The molecule has 1 atom stereocenters. The second-order valence-electron chi connectivity index (χ2n) is 8.58. The molecule has 1 unspecified atom stereocenters. The van der Waals surface area contributed by atoms with Crippen molar-refractivity contribution in [1.29, 1.82) is 0 Å². The van der Waals surface area contributed by atoms with Crippen LogP contribution >= 0.6 is 0 Å². The number of hydrogen-bond donors (Lipinski definition) is 0. The number of ether oxygens (including phenoxy) is 2. The van der Waals surface area contributed by atoms with E-state index >= 15 is 0 Å². The second-order valence-corrected chi connectivity index (χ2v) is 8.58. The van der Waals surface area contributed by atoms with Gasteiger partial charge < -0.3 is 14.0 Å². The number of quaternary nitrogens is 1. The zero-order valence-corrected chi connectivity index (χ0v) is 18.2. The average Bonchev–Trinajstić information content (AvgIpc) is 2.54. The molecule has 25 heavy (non-hydrogen) atoms. The first kappa shape index (κ1) is 24.9. The third kappa shape index (κ3) is 20.0. The molecule has 152 valence electrons. The van der Waals surface area contributed by atoms with Gasteiger partial charge in [0.1, 0.15) is 12.6 Å². The highest BCUT2D eigenvalue weighted by atomic mass is 16.5. The summed E-state index contributed by atoms with van der Waals surface area (Å²) >= 11 is 0. The van der Waals surface area contributed by atoms with Gasteiger partial charge >= 0.3 is 0 Å². The molecule has 3 heteroatoms. The van der Waals surface area contributed by atoms with Gasteiger partial charge in [-0.2, -0.15) is 0 Å². The molecule has 0 rings (SSSR count). The summed E-state index contributed by atoms with van der Waals surface area (Å²) < 4.78 is 13.0. The Morgan fingerprint density at radius 1 is 0.640 bits per heavy atom. The maximum atomic E-state index is 6.14. The Morgan fingerprint density at radius 2 is 1.12 bits per heavy atom. The number of nitrogens with zero attached hydrogens (tertiary/aromatic N) is 1. The molecule has 0 bridgehead atoms. The minimum Gasteiger partial charge on any atom is -0.379 e. The molecule has 0 N–H and O–H groups in total. The van der Waals surface area contributed by atoms with E-state index in [1.165, 1.54) is 77.0 Å². The van der Waals surface area contributed by atoms with Crippen molar-refractivity contribution in [2.45, 2.75) is 97.0 Å². The predicted octanol–water partition coefficient (Wildman–Crippen LogP) is 5.82. The fourth-order valence-corrected chi connectivity index (χ4v) is 3.10. The van der Waals surface area contributed by atoms with Gasteiger partial charge in [-0.05, 0) is 12.8 Å². The van der Waals surface area contributed by atoms with Crippen molar-refractivity contribution >= 4 is 0 Å². The Hall–Kier alpha value is -0.120. The molecule has 0 fully saturated rings. The van der Waals surface area contributed by atoms with Crippen molar-refractivity contribution < 1.29 is 14.0 Å². The highest BCUT2D eigenvalue weighted by Gasteiger charge is 2.18. The molecule has 0 saturated carbocycles. The molecule has 0 aliphatic rings. The van der Waals surface area contributed by atoms with Gasteiger partial charge in [-0.3, -0.25) is 0 Å². The topological polar surface area (TPSA) is 18.5 Å². The molecule has 0 spiro atoms. The van der Waals surface area contributed by atoms with Gasteiger partial charge in [0.05, 0.1) is 27.7 Å². The van der Waals surface area contributed by atoms with Crippen LogP contribution in [0.5, 0.6) is 0 Å². The molecule has 0 saturated heterocycles. The summed E-state index contributed by atoms with van der Waals surface area (Å²) in [6.45, 7) is 8.08. The SMILES string of the molecule is CCCCCCCCOCC(C[N+](C)(C)C)OCCCCCCCC. The van der Waals surface area contributed by atoms with E-state index in [-0.39, 0.29) is 6.10 Å². The Kier molecular flexibility index (Phi) is 17.2. The normalized spacial score (nSPS) is 13.3. The third-order valence-corrected chi connectivity index (χ3v) is 4.55. The van der Waals surface area contributed by atoms with Crippen LogP contribution in [0, 0.1) is 0 Å². The van der Waals surface area contributed by atoms with E-state index in [1.54, 1.807) is 0 Å². The molecule has 0 aromatic rings. The standard InChI is InChI=1S/C22H48NO2/c1-6-8-10-12-14-16-18-24-21-22(20-23(3,4)5)25-19-17-15-13-11-9-7-2/h22H,6-21H2,1-5H3/q+1. The molecule has 0 radical (unpaired) electrons. The molecule has 0 amide bonds. The molecular weight excluding hydrogens is 310 g/mol. The lowest BCUT2D eigenvalue weighted by Gasteiger charge is -2.29. The van der Waals surface area contributed by atoms with Crippen molar-refractivity contribution in [3.8, 4) is 0 Å². The van der Waals surface area contributed by atoms with E-state index < -0.39 is 0 Å². The Balaban J connectivity index is 3.76. The maximum Gasteiger partial charge on any atom is 0.130 e. The quantitative estimate of drug-likeness (QED) is 0.214. The molecule has 0 heterocycles. The molecule has 0 aliphatic heterocycles. The van der Waals surface area contributed by atoms with Crippen molar-refractivity contribution in [3.63, 3.8) is 0 Å². The summed E-state index contributed by atoms with van der Waals surface area (Å²) in [6, 6.07) is 0. The summed E-state index contributed by atoms with van der Waals surface area (Å²) in [5.74, 6) is 0. The predicted molar refractivity (Wildman–Crippen MR) is 110 cm³/mol. The van der Waals surface area contributed by atoms with Crippen molar-refractivity contribution in [3.05, 3.63) is 0 Å². The van der Waals surface area contributed by atoms with Crippen LogP contribution in [0.4, 0.5) is 0 Å². The highest BCUT2D eigenvalue weighted by molar-refractivity contribution is 4.56. The largest absolute Gasteiger partial charge is 0.379 e. The average molecular weight is 359 g/mol. The van der Waals surface area contributed by atoms with Gasteiger partial charge in [-0.25, -0.2) is 0 Å². The van der Waals surface area contributed by atoms with Crippen molar-refractivity contribution in [2.75, 3.05) is 47.5 Å². The van der Waals surface area contributed by atoms with E-state index in [4.69, 9.17) is 9.47 Å². The lowest BCUT2D eigenvalue weighted by atomic mass is 10.1. The summed E-state index contributed by atoms with van der Waals surface area (Å²) in [4.78, 5) is 0. The van der Waals surface area contributed by atoms with Crippen LogP contribution in [0.15, 0.2) is 0 Å². The number of unbranched alkanes of at least 4 members (excludes halogenated alkanes) is 10. The van der Waals surface area contributed by atoms with Gasteiger partial charge in [0.25, 0.3) is 0 Å². The van der Waals surface area contributed by atoms with E-state index in [0.717, 1.165) is 30.8 Å². The third-order valence-electron chi connectivity index (χ3n) is 4.55. The highest BCUT2D eigenvalue weighted by Crippen LogP contribution is 2.08. The molecular formula is C22H48NO2+. The van der Waals surface area contributed by atoms with Crippen molar-refractivity contribution in [2.24, 2.45) is 0 Å². The van der Waals surface area contributed by atoms with E-state index in [0.29, 0.717) is 0 Å². The molecule has 3 nitrogen and oxygen atoms in total. The minimum absolute atomic E-state index is 0.232. The monoisotopic (exact) mass is 358 g/mol. The molecule has 0 aromatic carbocycles. The van der Waals surface area contributed by atoms with E-state index in [2.05, 4.69) is 35.0 Å². The van der Waals surface area contributed by atoms with Gasteiger partial charge in [0.2, 0.25) is 0 Å². The number of rotatable bonds is 19. The smallest absolute Gasteiger partial charge is 0.130 e. The number of hydrogen-bond acceptors (Lipinski definition) is 2. The Bertz CT molecular complexity index is 263. The lowest BCUT2D eigenvalue weighted by molar-refractivity contribution is -0.873. The zero-order valence-electron chi connectivity index (χ0n) is 18.2. The maximum absolute atomic E-state index is 6.14. The summed E-state index contributed by atoms with van der Waals surface area (Å²) in [5.41, 5.74) is 0. The van der Waals surface area contributed by atoms with Gasteiger partial charge in [0.15, 0.2) is 0 Å². The second kappa shape index (κ2) is 17.3. The van der Waals surface area contributed by atoms with Crippen LogP contribution in [-0.2, 0) is 9.47 Å². The fraction of sp³-hybridized carbons (Fsp3) is 1.00. The van der Waals surface area contributed by atoms with Gasteiger partial charge in [-0.15, -0.1) is 0 Å². The van der Waals surface area contributed by atoms with Gasteiger partial charge in [-0.1, -0.05) is 78.1 Å². The summed E-state index contributed by atoms with van der Waals surface area (Å²) in [6.07, 6.45) is 16.1. The number of likely N-dealkylation sites (N-methyl/N-ethyl adjacent to an activating group) is 1. The van der Waals surface area contributed by atoms with Crippen LogP contribution in [0.3, 0.4) is 0 Å². The Morgan fingerprint density at radius 3 is 1.64 bits per heavy atom. The van der Waals surface area contributed by atoms with Crippen LogP contribution in [0.2, 0.25) is 0 Å². The van der Waals surface area contributed by atoms with Crippen LogP contribution in [-0.4, -0.2) is 58.1 Å². The van der Waals surface area contributed by atoms with Crippen LogP contribution < -0.4 is 0 Å². The summed E-state index contributed by atoms with van der Waals surface area (Å²) in [7, 11) is 6.69. The van der Waals surface area contributed by atoms with E-state index in [9.17, 15) is 0 Å². The first-order chi connectivity index (χ1) is 12.0. The Labute approximate surface area is 159 Å². The lowest BCUT2D eigenvalue weighted by Crippen LogP contribution is -2.44. The van der Waals surface area contributed by atoms with E-state index in [1.807, 2.05) is 0 Å². The van der Waals surface area contributed by atoms with Crippen LogP contribution in [0.1, 0.15) is 90.9 Å². The summed E-state index contributed by atoms with van der Waals surface area (Å²) in [5, 5.41) is 0. The molecule has 0 aliphatic carbocycles. The first-order valence-corrected chi connectivity index (χ1v) is 11.0. The fourth-order valence-electron chi connectivity index (χ4n) is 3.10. The zero-order chi connectivity index (χ0) is 18.8. The van der Waals surface area contributed by atoms with Crippen molar-refractivity contribution in [1.82, 2.24) is 0 Å².